The first-order valence-corrected chi connectivity index (χ1v) is 10.3. The van der Waals surface area contributed by atoms with Gasteiger partial charge in [-0.25, -0.2) is 13.6 Å². The van der Waals surface area contributed by atoms with E-state index in [9.17, 15) is 8.42 Å². The molecule has 0 aliphatic carbocycles. The summed E-state index contributed by atoms with van der Waals surface area (Å²) in [6, 6.07) is 10.7. The van der Waals surface area contributed by atoms with Crippen LogP contribution in [0.25, 0.3) is 0 Å². The normalized spacial score (nSPS) is 12.4. The number of aliphatic imine (C=N–C) groups is 1. The highest BCUT2D eigenvalue weighted by Gasteiger charge is 2.21. The predicted octanol–water partition coefficient (Wildman–Crippen LogP) is 2.66. The number of nitrogens with two attached hydrogens (primary N) is 1. The molecular formula is C17H25IN4O2S2. The largest absolute Gasteiger partial charge is 0.356 e. The number of benzene rings is 1. The molecule has 1 heterocycles. The highest BCUT2D eigenvalue weighted by Crippen LogP contribution is 2.26. The van der Waals surface area contributed by atoms with E-state index in [1.54, 1.807) is 30.5 Å². The van der Waals surface area contributed by atoms with Crippen molar-refractivity contribution >= 4 is 51.3 Å². The summed E-state index contributed by atoms with van der Waals surface area (Å²) in [5.74, 6) is 0.695. The molecule has 1 aromatic carbocycles. The topological polar surface area (TPSA) is 96.6 Å². The van der Waals surface area contributed by atoms with E-state index >= 15 is 0 Å². The number of guanidine groups is 1. The second kappa shape index (κ2) is 9.67. The first kappa shape index (κ1) is 22.9. The molecule has 26 heavy (non-hydrogen) atoms. The van der Waals surface area contributed by atoms with Gasteiger partial charge in [0, 0.05) is 30.4 Å². The third-order valence-electron chi connectivity index (χ3n) is 3.82. The molecule has 0 unspecified atom stereocenters. The third-order valence-corrected chi connectivity index (χ3v) is 5.99. The lowest BCUT2D eigenvalue weighted by Crippen LogP contribution is -2.42. The Balaban J connectivity index is 0.00000338. The number of primary sulfonamides is 1. The van der Waals surface area contributed by atoms with Crippen molar-refractivity contribution in [2.45, 2.75) is 30.7 Å². The number of nitrogens with zero attached hydrogens (tertiary/aromatic N) is 1. The van der Waals surface area contributed by atoms with E-state index in [1.807, 2.05) is 0 Å². The van der Waals surface area contributed by atoms with E-state index in [0.29, 0.717) is 12.5 Å². The number of sulfonamides is 1. The fourth-order valence-electron chi connectivity index (χ4n) is 2.26. The molecule has 0 saturated carbocycles. The van der Waals surface area contributed by atoms with Gasteiger partial charge in [-0.2, -0.15) is 0 Å². The zero-order chi connectivity index (χ0) is 18.5. The summed E-state index contributed by atoms with van der Waals surface area (Å²) < 4.78 is 22.5. The molecule has 0 aliphatic heterocycles. The maximum Gasteiger partial charge on any atom is 0.238 e. The van der Waals surface area contributed by atoms with Crippen LogP contribution in [0.5, 0.6) is 0 Å². The summed E-state index contributed by atoms with van der Waals surface area (Å²) in [7, 11) is -1.94. The van der Waals surface area contributed by atoms with Gasteiger partial charge in [0.15, 0.2) is 5.96 Å². The van der Waals surface area contributed by atoms with Gasteiger partial charge < -0.3 is 10.6 Å². The van der Waals surface area contributed by atoms with Crippen LogP contribution in [0.3, 0.4) is 0 Å². The molecule has 0 bridgehead atoms. The van der Waals surface area contributed by atoms with E-state index in [2.05, 4.69) is 47.0 Å². The summed E-state index contributed by atoms with van der Waals surface area (Å²) in [5, 5.41) is 13.7. The first-order valence-electron chi connectivity index (χ1n) is 7.82. The fourth-order valence-corrected chi connectivity index (χ4v) is 3.63. The van der Waals surface area contributed by atoms with Crippen molar-refractivity contribution in [3.8, 4) is 0 Å². The van der Waals surface area contributed by atoms with Crippen molar-refractivity contribution in [1.29, 1.82) is 0 Å². The van der Waals surface area contributed by atoms with Gasteiger partial charge in [-0.15, -0.1) is 35.3 Å². The van der Waals surface area contributed by atoms with Gasteiger partial charge in [0.25, 0.3) is 0 Å². The van der Waals surface area contributed by atoms with Crippen LogP contribution in [0.4, 0.5) is 0 Å². The highest BCUT2D eigenvalue weighted by atomic mass is 127. The SMILES string of the molecule is CN=C(NCc1ccc(S(N)(=O)=O)cc1)NCC(C)(C)c1cccs1.I. The molecular weight excluding hydrogens is 483 g/mol. The standard InChI is InChI=1S/C17H24N4O2S2.HI/c1-17(2,15-5-4-10-24-15)12-21-16(19-3)20-11-13-6-8-14(9-7-13)25(18,22)23;/h4-10H,11-12H2,1-3H3,(H2,18,22,23)(H2,19,20,21);1H. The van der Waals surface area contributed by atoms with Crippen LogP contribution in [0.15, 0.2) is 51.7 Å². The quantitative estimate of drug-likeness (QED) is 0.318. The number of nitrogens with one attached hydrogen (secondary N) is 2. The average Bonchev–Trinajstić information content (AvgIpc) is 3.10. The Morgan fingerprint density at radius 3 is 2.35 bits per heavy atom. The van der Waals surface area contributed by atoms with Gasteiger partial charge >= 0.3 is 0 Å². The maximum atomic E-state index is 11.3. The second-order valence-electron chi connectivity index (χ2n) is 6.33. The van der Waals surface area contributed by atoms with E-state index in [1.165, 1.54) is 17.0 Å². The van der Waals surface area contributed by atoms with E-state index < -0.39 is 10.0 Å². The number of hydrogen-bond donors (Lipinski definition) is 3. The van der Waals surface area contributed by atoms with Gasteiger partial charge in [0.1, 0.15) is 0 Å². The summed E-state index contributed by atoms with van der Waals surface area (Å²) in [4.78, 5) is 5.65. The summed E-state index contributed by atoms with van der Waals surface area (Å²) in [6.07, 6.45) is 0. The summed E-state index contributed by atoms with van der Waals surface area (Å²) in [5.41, 5.74) is 0.941. The lowest BCUT2D eigenvalue weighted by Gasteiger charge is -2.25. The smallest absolute Gasteiger partial charge is 0.238 e. The van der Waals surface area contributed by atoms with Gasteiger partial charge in [-0.05, 0) is 29.1 Å². The number of thiophene rings is 1. The van der Waals surface area contributed by atoms with Gasteiger partial charge in [0.2, 0.25) is 10.0 Å². The Morgan fingerprint density at radius 1 is 1.19 bits per heavy atom. The molecule has 1 aromatic heterocycles. The van der Waals surface area contributed by atoms with Crippen molar-refractivity contribution in [3.05, 3.63) is 52.2 Å². The Labute approximate surface area is 176 Å². The van der Waals surface area contributed by atoms with Gasteiger partial charge in [-0.3, -0.25) is 4.99 Å². The summed E-state index contributed by atoms with van der Waals surface area (Å²) >= 11 is 1.74. The zero-order valence-corrected chi connectivity index (χ0v) is 19.0. The molecule has 0 amide bonds. The molecule has 6 nitrogen and oxygen atoms in total. The summed E-state index contributed by atoms with van der Waals surface area (Å²) in [6.45, 7) is 5.65. The van der Waals surface area contributed by atoms with E-state index in [0.717, 1.165) is 12.1 Å². The first-order chi connectivity index (χ1) is 11.7. The van der Waals surface area contributed by atoms with Crippen LogP contribution in [0.2, 0.25) is 0 Å². The van der Waals surface area contributed by atoms with Crippen molar-refractivity contribution in [2.24, 2.45) is 10.1 Å². The lowest BCUT2D eigenvalue weighted by molar-refractivity contribution is 0.518. The Bertz CT molecular complexity index is 817. The molecule has 0 aliphatic rings. The zero-order valence-electron chi connectivity index (χ0n) is 15.0. The van der Waals surface area contributed by atoms with Crippen molar-refractivity contribution in [2.75, 3.05) is 13.6 Å². The third kappa shape index (κ3) is 6.53. The molecule has 0 saturated heterocycles. The van der Waals surface area contributed by atoms with Crippen molar-refractivity contribution in [3.63, 3.8) is 0 Å². The Hall–Kier alpha value is -1.17. The highest BCUT2D eigenvalue weighted by molar-refractivity contribution is 14.0. The molecule has 2 aromatic rings. The van der Waals surface area contributed by atoms with Gasteiger partial charge in [-0.1, -0.05) is 32.0 Å². The minimum atomic E-state index is -3.66. The number of halogens is 1. The molecule has 9 heteroatoms. The molecule has 0 fully saturated rings. The van der Waals surface area contributed by atoms with E-state index in [4.69, 9.17) is 5.14 Å². The van der Waals surface area contributed by atoms with Crippen LogP contribution >= 0.6 is 35.3 Å². The molecule has 2 rings (SSSR count). The van der Waals surface area contributed by atoms with Crippen LogP contribution in [0, 0.1) is 0 Å². The molecule has 144 valence electrons. The number of hydrogen-bond acceptors (Lipinski definition) is 4. The molecule has 0 spiro atoms. The van der Waals surface area contributed by atoms with Gasteiger partial charge in [0.05, 0.1) is 4.90 Å². The predicted molar refractivity (Wildman–Crippen MR) is 119 cm³/mol. The fraction of sp³-hybridized carbons (Fsp3) is 0.353. The second-order valence-corrected chi connectivity index (χ2v) is 8.84. The molecule has 4 N–H and O–H groups in total. The lowest BCUT2D eigenvalue weighted by atomic mass is 9.91. The molecule has 0 radical (unpaired) electrons. The van der Waals surface area contributed by atoms with Crippen LogP contribution < -0.4 is 15.8 Å². The molecule has 0 atom stereocenters. The van der Waals surface area contributed by atoms with Crippen LogP contribution in [0.1, 0.15) is 24.3 Å². The van der Waals surface area contributed by atoms with Crippen LogP contribution in [-0.2, 0) is 22.0 Å². The maximum absolute atomic E-state index is 11.3. The Morgan fingerprint density at radius 2 is 1.85 bits per heavy atom. The van der Waals surface area contributed by atoms with E-state index in [-0.39, 0.29) is 34.3 Å². The monoisotopic (exact) mass is 508 g/mol. The number of rotatable bonds is 6. The van der Waals surface area contributed by atoms with Crippen LogP contribution in [-0.4, -0.2) is 28.0 Å². The van der Waals surface area contributed by atoms with Crippen molar-refractivity contribution in [1.82, 2.24) is 10.6 Å². The Kier molecular flexibility index (Phi) is 8.51. The minimum absolute atomic E-state index is 0. The minimum Gasteiger partial charge on any atom is -0.356 e. The average molecular weight is 508 g/mol. The van der Waals surface area contributed by atoms with Crippen molar-refractivity contribution < 1.29 is 8.42 Å².